The van der Waals surface area contributed by atoms with Crippen molar-refractivity contribution < 1.29 is 9.94 Å². The summed E-state index contributed by atoms with van der Waals surface area (Å²) < 4.78 is 5.78. The van der Waals surface area contributed by atoms with Crippen molar-refractivity contribution in [1.82, 2.24) is 9.80 Å². The van der Waals surface area contributed by atoms with Crippen LogP contribution in [-0.2, 0) is 4.74 Å². The molecule has 1 unspecified atom stereocenters. The number of amidine groups is 1. The minimum absolute atomic E-state index is 0.269. The Morgan fingerprint density at radius 3 is 2.94 bits per heavy atom. The van der Waals surface area contributed by atoms with Gasteiger partial charge in [0.05, 0.1) is 12.7 Å². The van der Waals surface area contributed by atoms with E-state index >= 15 is 0 Å². The number of hydrogen-bond acceptors (Lipinski definition) is 5. The van der Waals surface area contributed by atoms with Gasteiger partial charge < -0.3 is 20.6 Å². The summed E-state index contributed by atoms with van der Waals surface area (Å²) >= 11 is 0. The van der Waals surface area contributed by atoms with Crippen LogP contribution in [0.3, 0.4) is 0 Å². The zero-order chi connectivity index (χ0) is 13.4. The Balaban J connectivity index is 2.33. The van der Waals surface area contributed by atoms with Gasteiger partial charge in [0.25, 0.3) is 0 Å². The Hall–Kier alpha value is -0.850. The predicted octanol–water partition coefficient (Wildman–Crippen LogP) is 0.166. The Labute approximate surface area is 109 Å². The normalized spacial score (nSPS) is 22.6. The lowest BCUT2D eigenvalue weighted by atomic mass is 10.2. The molecule has 0 aliphatic carbocycles. The lowest BCUT2D eigenvalue weighted by Crippen LogP contribution is -2.47. The fourth-order valence-corrected chi connectivity index (χ4v) is 2.17. The quantitative estimate of drug-likeness (QED) is 0.295. The molecule has 0 saturated carbocycles. The maximum atomic E-state index is 8.52. The molecule has 1 heterocycles. The Morgan fingerprint density at radius 2 is 2.33 bits per heavy atom. The number of rotatable bonds is 7. The molecule has 0 radical (unpaired) electrons. The molecule has 106 valence electrons. The van der Waals surface area contributed by atoms with Crippen LogP contribution in [0.25, 0.3) is 0 Å². The Kier molecular flexibility index (Phi) is 7.00. The van der Waals surface area contributed by atoms with E-state index in [1.807, 2.05) is 0 Å². The molecule has 3 N–H and O–H groups in total. The van der Waals surface area contributed by atoms with E-state index in [4.69, 9.17) is 15.7 Å². The van der Waals surface area contributed by atoms with E-state index in [1.165, 1.54) is 0 Å². The van der Waals surface area contributed by atoms with Crippen LogP contribution in [0.1, 0.15) is 20.3 Å². The fourth-order valence-electron chi connectivity index (χ4n) is 2.17. The first-order valence-electron chi connectivity index (χ1n) is 6.72. The number of ether oxygens (including phenoxy) is 1. The average molecular weight is 258 g/mol. The minimum Gasteiger partial charge on any atom is -0.409 e. The molecule has 0 bridgehead atoms. The summed E-state index contributed by atoms with van der Waals surface area (Å²) in [7, 11) is 0. The highest BCUT2D eigenvalue weighted by Crippen LogP contribution is 2.07. The summed E-state index contributed by atoms with van der Waals surface area (Å²) in [5.74, 6) is 0.285. The molecule has 6 heteroatoms. The van der Waals surface area contributed by atoms with E-state index in [-0.39, 0.29) is 11.9 Å². The van der Waals surface area contributed by atoms with Gasteiger partial charge in [-0.2, -0.15) is 0 Å². The maximum Gasteiger partial charge on any atom is 0.140 e. The number of nitrogens with two attached hydrogens (primary N) is 1. The largest absolute Gasteiger partial charge is 0.409 e. The summed E-state index contributed by atoms with van der Waals surface area (Å²) in [6.07, 6.45) is 0.861. The van der Waals surface area contributed by atoms with E-state index in [1.54, 1.807) is 0 Å². The first kappa shape index (κ1) is 15.2. The van der Waals surface area contributed by atoms with Crippen molar-refractivity contribution in [2.24, 2.45) is 10.9 Å². The molecule has 0 spiro atoms. The van der Waals surface area contributed by atoms with Gasteiger partial charge in [0.1, 0.15) is 5.84 Å². The van der Waals surface area contributed by atoms with Gasteiger partial charge in [-0.3, -0.25) is 4.90 Å². The van der Waals surface area contributed by atoms with Gasteiger partial charge in [-0.25, -0.2) is 0 Å². The molecular weight excluding hydrogens is 232 g/mol. The molecule has 0 aromatic carbocycles. The molecule has 0 amide bonds. The Bertz CT molecular complexity index is 260. The first-order valence-corrected chi connectivity index (χ1v) is 6.72. The predicted molar refractivity (Wildman–Crippen MR) is 72.0 cm³/mol. The van der Waals surface area contributed by atoms with Crippen LogP contribution < -0.4 is 5.73 Å². The highest BCUT2D eigenvalue weighted by Gasteiger charge is 2.21. The first-order chi connectivity index (χ1) is 8.69. The molecule has 1 aliphatic rings. The lowest BCUT2D eigenvalue weighted by molar-refractivity contribution is -0.0409. The molecule has 1 aliphatic heterocycles. The number of nitrogens with zero attached hydrogens (tertiary/aromatic N) is 3. The molecule has 18 heavy (non-hydrogen) atoms. The van der Waals surface area contributed by atoms with Crippen molar-refractivity contribution in [1.29, 1.82) is 0 Å². The van der Waals surface area contributed by atoms with Gasteiger partial charge in [-0.05, 0) is 13.1 Å². The van der Waals surface area contributed by atoms with Crippen LogP contribution in [0.5, 0.6) is 0 Å². The van der Waals surface area contributed by atoms with Crippen molar-refractivity contribution in [3.8, 4) is 0 Å². The third-order valence-corrected chi connectivity index (χ3v) is 3.39. The molecule has 1 rings (SSSR count). The van der Waals surface area contributed by atoms with E-state index in [0.29, 0.717) is 6.42 Å². The number of morpholine rings is 1. The lowest BCUT2D eigenvalue weighted by Gasteiger charge is -2.34. The monoisotopic (exact) mass is 258 g/mol. The minimum atomic E-state index is 0.269. The molecule has 0 aromatic rings. The van der Waals surface area contributed by atoms with Crippen LogP contribution in [0, 0.1) is 0 Å². The van der Waals surface area contributed by atoms with Crippen molar-refractivity contribution in [3.63, 3.8) is 0 Å². The third kappa shape index (κ3) is 5.20. The van der Waals surface area contributed by atoms with E-state index in [2.05, 4.69) is 28.8 Å². The van der Waals surface area contributed by atoms with Gasteiger partial charge in [0.2, 0.25) is 0 Å². The summed E-state index contributed by atoms with van der Waals surface area (Å²) in [5.41, 5.74) is 5.49. The van der Waals surface area contributed by atoms with E-state index in [9.17, 15) is 0 Å². The summed E-state index contributed by atoms with van der Waals surface area (Å²) in [6, 6.07) is 0. The highest BCUT2D eigenvalue weighted by atomic mass is 16.5. The maximum absolute atomic E-state index is 8.52. The van der Waals surface area contributed by atoms with Gasteiger partial charge in [0, 0.05) is 32.6 Å². The standard InChI is InChI=1S/C12H26N4O2/c1-3-15(6-5-12(13)14-17)9-11-10-16(4-2)7-8-18-11/h11,17H,3-10H2,1-2H3,(H2,13,14). The molecule has 6 nitrogen and oxygen atoms in total. The summed E-state index contributed by atoms with van der Waals surface area (Å²) in [5, 5.41) is 11.5. The molecular formula is C12H26N4O2. The number of hydrogen-bond donors (Lipinski definition) is 2. The zero-order valence-corrected chi connectivity index (χ0v) is 11.5. The third-order valence-electron chi connectivity index (χ3n) is 3.39. The van der Waals surface area contributed by atoms with Crippen molar-refractivity contribution in [2.45, 2.75) is 26.4 Å². The van der Waals surface area contributed by atoms with Crippen LogP contribution >= 0.6 is 0 Å². The van der Waals surface area contributed by atoms with Crippen molar-refractivity contribution >= 4 is 5.84 Å². The average Bonchev–Trinajstić information content (AvgIpc) is 2.43. The van der Waals surface area contributed by atoms with Crippen molar-refractivity contribution in [3.05, 3.63) is 0 Å². The smallest absolute Gasteiger partial charge is 0.140 e. The molecule has 1 atom stereocenters. The zero-order valence-electron chi connectivity index (χ0n) is 11.5. The number of likely N-dealkylation sites (N-methyl/N-ethyl adjacent to an activating group) is 2. The Morgan fingerprint density at radius 1 is 1.56 bits per heavy atom. The summed E-state index contributed by atoms with van der Waals surface area (Å²) in [6.45, 7) is 10.9. The molecule has 1 saturated heterocycles. The van der Waals surface area contributed by atoms with Crippen LogP contribution in [0.4, 0.5) is 0 Å². The van der Waals surface area contributed by atoms with E-state index < -0.39 is 0 Å². The second kappa shape index (κ2) is 8.29. The highest BCUT2D eigenvalue weighted by molar-refractivity contribution is 5.79. The van der Waals surface area contributed by atoms with Gasteiger partial charge in [0.15, 0.2) is 0 Å². The fraction of sp³-hybridized carbons (Fsp3) is 0.917. The number of oxime groups is 1. The summed E-state index contributed by atoms with van der Waals surface area (Å²) in [4.78, 5) is 4.69. The van der Waals surface area contributed by atoms with Gasteiger partial charge >= 0.3 is 0 Å². The van der Waals surface area contributed by atoms with E-state index in [0.717, 1.165) is 45.9 Å². The topological polar surface area (TPSA) is 74.3 Å². The van der Waals surface area contributed by atoms with Crippen LogP contribution in [0.15, 0.2) is 5.16 Å². The SMILES string of the molecule is CCN1CCOC(CN(CC)CCC(N)=NO)C1. The van der Waals surface area contributed by atoms with Gasteiger partial charge in [-0.1, -0.05) is 19.0 Å². The van der Waals surface area contributed by atoms with Gasteiger partial charge in [-0.15, -0.1) is 0 Å². The van der Waals surface area contributed by atoms with Crippen LogP contribution in [0.2, 0.25) is 0 Å². The second-order valence-corrected chi connectivity index (χ2v) is 4.62. The van der Waals surface area contributed by atoms with Crippen molar-refractivity contribution in [2.75, 3.05) is 45.9 Å². The second-order valence-electron chi connectivity index (χ2n) is 4.62. The molecule has 0 aromatic heterocycles. The molecule has 1 fully saturated rings. The van der Waals surface area contributed by atoms with Crippen LogP contribution in [-0.4, -0.2) is 72.8 Å².